The Kier molecular flexibility index (Phi) is 7.39. The van der Waals surface area contributed by atoms with E-state index in [9.17, 15) is 0 Å². The zero-order valence-corrected chi connectivity index (χ0v) is 8.08. The summed E-state index contributed by atoms with van der Waals surface area (Å²) in [5.74, 6) is 0. The SMILES string of the molecule is CNCN1CCC(N)CC1.CO. The fourth-order valence-corrected chi connectivity index (χ4v) is 1.33. The van der Waals surface area contributed by atoms with Crippen LogP contribution >= 0.6 is 0 Å². The van der Waals surface area contributed by atoms with Crippen molar-refractivity contribution in [1.82, 2.24) is 10.2 Å². The molecule has 0 spiro atoms. The van der Waals surface area contributed by atoms with Crippen molar-refractivity contribution >= 4 is 0 Å². The normalized spacial score (nSPS) is 20.0. The molecular weight excluding hydrogens is 154 g/mol. The number of nitrogens with one attached hydrogen (secondary N) is 1. The van der Waals surface area contributed by atoms with Crippen LogP contribution in [0.4, 0.5) is 0 Å². The zero-order chi connectivity index (χ0) is 9.40. The van der Waals surface area contributed by atoms with Crippen molar-refractivity contribution in [2.45, 2.75) is 18.9 Å². The molecule has 1 rings (SSSR count). The minimum atomic E-state index is 0.452. The standard InChI is InChI=1S/C7H17N3.CH4O/c1-9-6-10-4-2-7(8)3-5-10;1-2/h7,9H,2-6,8H2,1H3;2H,1H3. The molecule has 4 N–H and O–H groups in total. The van der Waals surface area contributed by atoms with Crippen LogP contribution in [0.1, 0.15) is 12.8 Å². The molecule has 4 nitrogen and oxygen atoms in total. The van der Waals surface area contributed by atoms with Gasteiger partial charge >= 0.3 is 0 Å². The van der Waals surface area contributed by atoms with Crippen LogP contribution in [0.15, 0.2) is 0 Å². The lowest BCUT2D eigenvalue weighted by Crippen LogP contribution is -2.42. The van der Waals surface area contributed by atoms with Gasteiger partial charge in [0.25, 0.3) is 0 Å². The molecule has 0 unspecified atom stereocenters. The molecule has 0 bridgehead atoms. The van der Waals surface area contributed by atoms with Gasteiger partial charge in [-0.05, 0) is 19.9 Å². The maximum atomic E-state index is 7.00. The highest BCUT2D eigenvalue weighted by Crippen LogP contribution is 2.05. The summed E-state index contributed by atoms with van der Waals surface area (Å²) in [6.45, 7) is 3.32. The first kappa shape index (κ1) is 11.8. The van der Waals surface area contributed by atoms with Gasteiger partial charge in [0, 0.05) is 32.9 Å². The topological polar surface area (TPSA) is 61.5 Å². The first-order valence-electron chi connectivity index (χ1n) is 4.40. The van der Waals surface area contributed by atoms with E-state index in [-0.39, 0.29) is 0 Å². The van der Waals surface area contributed by atoms with Crippen molar-refractivity contribution in [2.24, 2.45) is 5.73 Å². The third kappa shape index (κ3) is 4.66. The Labute approximate surface area is 74.7 Å². The first-order valence-corrected chi connectivity index (χ1v) is 4.40. The molecule has 0 aromatic carbocycles. The van der Waals surface area contributed by atoms with Gasteiger partial charge < -0.3 is 16.2 Å². The van der Waals surface area contributed by atoms with Gasteiger partial charge in [-0.1, -0.05) is 0 Å². The van der Waals surface area contributed by atoms with Crippen molar-refractivity contribution in [1.29, 1.82) is 0 Å². The molecule has 1 aliphatic rings. The Morgan fingerprint density at radius 1 is 1.42 bits per heavy atom. The van der Waals surface area contributed by atoms with E-state index in [1.54, 1.807) is 0 Å². The van der Waals surface area contributed by atoms with Gasteiger partial charge in [-0.15, -0.1) is 0 Å². The second-order valence-electron chi connectivity index (χ2n) is 2.97. The van der Waals surface area contributed by atoms with E-state index in [0.29, 0.717) is 6.04 Å². The van der Waals surface area contributed by atoms with Crippen molar-refractivity contribution in [3.63, 3.8) is 0 Å². The number of nitrogens with zero attached hydrogens (tertiary/aromatic N) is 1. The van der Waals surface area contributed by atoms with Crippen molar-refractivity contribution < 1.29 is 5.11 Å². The van der Waals surface area contributed by atoms with Gasteiger partial charge in [0.1, 0.15) is 0 Å². The van der Waals surface area contributed by atoms with Gasteiger partial charge in [0.2, 0.25) is 0 Å². The van der Waals surface area contributed by atoms with Crippen molar-refractivity contribution in [3.8, 4) is 0 Å². The monoisotopic (exact) mass is 175 g/mol. The van der Waals surface area contributed by atoms with Crippen LogP contribution in [0.3, 0.4) is 0 Å². The lowest BCUT2D eigenvalue weighted by atomic mass is 10.1. The van der Waals surface area contributed by atoms with Crippen LogP contribution < -0.4 is 11.1 Å². The highest BCUT2D eigenvalue weighted by atomic mass is 16.2. The average molecular weight is 175 g/mol. The van der Waals surface area contributed by atoms with Crippen LogP contribution in [-0.4, -0.2) is 50.0 Å². The number of rotatable bonds is 2. The molecule has 1 fully saturated rings. The van der Waals surface area contributed by atoms with E-state index < -0.39 is 0 Å². The third-order valence-electron chi connectivity index (χ3n) is 2.01. The molecule has 1 saturated heterocycles. The van der Waals surface area contributed by atoms with Gasteiger partial charge in [0.05, 0.1) is 0 Å². The number of piperidine rings is 1. The van der Waals surface area contributed by atoms with Gasteiger partial charge in [0.15, 0.2) is 0 Å². The molecule has 0 radical (unpaired) electrons. The Balaban J connectivity index is 0.000000561. The highest BCUT2D eigenvalue weighted by molar-refractivity contribution is 4.72. The summed E-state index contributed by atoms with van der Waals surface area (Å²) in [5, 5.41) is 10.1. The summed E-state index contributed by atoms with van der Waals surface area (Å²) in [6, 6.07) is 0.452. The molecular formula is C8H21N3O. The van der Waals surface area contributed by atoms with Crippen molar-refractivity contribution in [3.05, 3.63) is 0 Å². The largest absolute Gasteiger partial charge is 0.400 e. The van der Waals surface area contributed by atoms with Crippen LogP contribution in [0.25, 0.3) is 0 Å². The molecule has 0 atom stereocenters. The van der Waals surface area contributed by atoms with Crippen LogP contribution in [0.5, 0.6) is 0 Å². The maximum absolute atomic E-state index is 7.00. The van der Waals surface area contributed by atoms with Crippen LogP contribution in [0.2, 0.25) is 0 Å². The summed E-state index contributed by atoms with van der Waals surface area (Å²) < 4.78 is 0. The van der Waals surface area contributed by atoms with Gasteiger partial charge in [-0.25, -0.2) is 0 Å². The lowest BCUT2D eigenvalue weighted by molar-refractivity contribution is 0.204. The molecule has 0 aliphatic carbocycles. The minimum absolute atomic E-state index is 0.452. The molecule has 0 saturated carbocycles. The average Bonchev–Trinajstić information content (AvgIpc) is 2.13. The molecule has 0 amide bonds. The molecule has 0 aromatic rings. The minimum Gasteiger partial charge on any atom is -0.400 e. The van der Waals surface area contributed by atoms with E-state index in [1.165, 1.54) is 0 Å². The Bertz CT molecular complexity index is 92.3. The second-order valence-corrected chi connectivity index (χ2v) is 2.97. The fourth-order valence-electron chi connectivity index (χ4n) is 1.33. The van der Waals surface area contributed by atoms with E-state index in [2.05, 4.69) is 10.2 Å². The second kappa shape index (κ2) is 7.49. The highest BCUT2D eigenvalue weighted by Gasteiger charge is 2.14. The first-order chi connectivity index (χ1) is 5.83. The molecule has 74 valence electrons. The number of nitrogens with two attached hydrogens (primary N) is 1. The quantitative estimate of drug-likeness (QED) is 0.514. The van der Waals surface area contributed by atoms with E-state index >= 15 is 0 Å². The third-order valence-corrected chi connectivity index (χ3v) is 2.01. The van der Waals surface area contributed by atoms with Crippen LogP contribution in [0, 0.1) is 0 Å². The van der Waals surface area contributed by atoms with Gasteiger partial charge in [-0.3, -0.25) is 4.90 Å². The Morgan fingerprint density at radius 2 is 1.92 bits per heavy atom. The zero-order valence-electron chi connectivity index (χ0n) is 8.08. The number of aliphatic hydroxyl groups is 1. The van der Waals surface area contributed by atoms with Crippen molar-refractivity contribution in [2.75, 3.05) is 33.9 Å². The van der Waals surface area contributed by atoms with E-state index in [4.69, 9.17) is 10.8 Å². The molecule has 0 aromatic heterocycles. The Hall–Kier alpha value is -0.160. The Morgan fingerprint density at radius 3 is 2.33 bits per heavy atom. The van der Waals surface area contributed by atoms with E-state index in [0.717, 1.165) is 39.7 Å². The van der Waals surface area contributed by atoms with Crippen LogP contribution in [-0.2, 0) is 0 Å². The molecule has 4 heteroatoms. The fraction of sp³-hybridized carbons (Fsp3) is 1.00. The molecule has 1 aliphatic heterocycles. The smallest absolute Gasteiger partial charge is 0.0478 e. The summed E-state index contributed by atoms with van der Waals surface area (Å²) in [4.78, 5) is 2.39. The maximum Gasteiger partial charge on any atom is 0.0478 e. The number of hydrogen-bond acceptors (Lipinski definition) is 4. The predicted octanol–water partition coefficient (Wildman–Crippen LogP) is -0.805. The number of likely N-dealkylation sites (tertiary alicyclic amines) is 1. The summed E-state index contributed by atoms with van der Waals surface area (Å²) in [7, 11) is 2.98. The van der Waals surface area contributed by atoms with E-state index in [1.807, 2.05) is 7.05 Å². The number of aliphatic hydroxyl groups excluding tert-OH is 1. The number of hydrogen-bond donors (Lipinski definition) is 3. The summed E-state index contributed by atoms with van der Waals surface area (Å²) in [5.41, 5.74) is 5.75. The molecule has 12 heavy (non-hydrogen) atoms. The summed E-state index contributed by atoms with van der Waals surface area (Å²) in [6.07, 6.45) is 2.31. The lowest BCUT2D eigenvalue weighted by Gasteiger charge is -2.29. The predicted molar refractivity (Wildman–Crippen MR) is 50.9 cm³/mol. The van der Waals surface area contributed by atoms with Gasteiger partial charge in [-0.2, -0.15) is 0 Å². The molecule has 1 heterocycles. The summed E-state index contributed by atoms with van der Waals surface area (Å²) >= 11 is 0.